The first-order chi connectivity index (χ1) is 6.18. The van der Waals surface area contributed by atoms with Crippen LogP contribution in [-0.2, 0) is 6.54 Å². The van der Waals surface area contributed by atoms with Crippen molar-refractivity contribution in [1.29, 1.82) is 0 Å². The van der Waals surface area contributed by atoms with Gasteiger partial charge in [0.2, 0.25) is 0 Å². The number of hydrogen-bond acceptors (Lipinski definition) is 2. The smallest absolute Gasteiger partial charge is 0.0536 e. The van der Waals surface area contributed by atoms with E-state index in [1.54, 1.807) is 0 Å². The second-order valence-electron chi connectivity index (χ2n) is 3.93. The molecule has 0 N–H and O–H groups in total. The van der Waals surface area contributed by atoms with E-state index in [1.807, 2.05) is 23.1 Å². The van der Waals surface area contributed by atoms with Crippen LogP contribution in [0.5, 0.6) is 0 Å². The van der Waals surface area contributed by atoms with Crippen molar-refractivity contribution in [1.82, 2.24) is 14.7 Å². The summed E-state index contributed by atoms with van der Waals surface area (Å²) in [5.74, 6) is 0.739. The van der Waals surface area contributed by atoms with Gasteiger partial charge in [-0.25, -0.2) is 0 Å². The highest BCUT2D eigenvalue weighted by Gasteiger charge is 2.01. The van der Waals surface area contributed by atoms with Gasteiger partial charge in [0.05, 0.1) is 6.54 Å². The van der Waals surface area contributed by atoms with Crippen molar-refractivity contribution < 1.29 is 0 Å². The SMILES string of the molecule is CC(C)CN(C)CCn1cccn1. The van der Waals surface area contributed by atoms with Crippen molar-refractivity contribution in [2.24, 2.45) is 5.92 Å². The Morgan fingerprint density at radius 2 is 2.23 bits per heavy atom. The average molecular weight is 181 g/mol. The van der Waals surface area contributed by atoms with Crippen LogP contribution in [-0.4, -0.2) is 34.8 Å². The molecule has 0 unspecified atom stereocenters. The molecule has 0 aliphatic heterocycles. The van der Waals surface area contributed by atoms with Gasteiger partial charge in [-0.1, -0.05) is 13.8 Å². The van der Waals surface area contributed by atoms with Crippen molar-refractivity contribution in [3.05, 3.63) is 18.5 Å². The fourth-order valence-corrected chi connectivity index (χ4v) is 1.42. The number of hydrogen-bond donors (Lipinski definition) is 0. The molecule has 1 aromatic rings. The lowest BCUT2D eigenvalue weighted by molar-refractivity contribution is 0.279. The predicted molar refractivity (Wildman–Crippen MR) is 54.6 cm³/mol. The first-order valence-electron chi connectivity index (χ1n) is 4.84. The Labute approximate surface area is 80.4 Å². The normalized spacial score (nSPS) is 11.5. The van der Waals surface area contributed by atoms with Crippen LogP contribution >= 0.6 is 0 Å². The maximum absolute atomic E-state index is 4.16. The van der Waals surface area contributed by atoms with E-state index in [4.69, 9.17) is 0 Å². The minimum Gasteiger partial charge on any atom is -0.304 e. The van der Waals surface area contributed by atoms with Crippen molar-refractivity contribution >= 4 is 0 Å². The molecule has 0 atom stereocenters. The predicted octanol–water partition coefficient (Wildman–Crippen LogP) is 1.47. The van der Waals surface area contributed by atoms with Gasteiger partial charge in [-0.05, 0) is 19.0 Å². The van der Waals surface area contributed by atoms with E-state index in [0.29, 0.717) is 0 Å². The molecular weight excluding hydrogens is 162 g/mol. The Morgan fingerprint density at radius 1 is 1.46 bits per heavy atom. The zero-order chi connectivity index (χ0) is 9.68. The number of rotatable bonds is 5. The van der Waals surface area contributed by atoms with E-state index >= 15 is 0 Å². The maximum Gasteiger partial charge on any atom is 0.0536 e. The van der Waals surface area contributed by atoms with Crippen molar-refractivity contribution in [3.8, 4) is 0 Å². The summed E-state index contributed by atoms with van der Waals surface area (Å²) in [7, 11) is 2.16. The zero-order valence-corrected chi connectivity index (χ0v) is 8.77. The summed E-state index contributed by atoms with van der Waals surface area (Å²) in [6.45, 7) is 7.69. The zero-order valence-electron chi connectivity index (χ0n) is 8.77. The van der Waals surface area contributed by atoms with Crippen molar-refractivity contribution in [3.63, 3.8) is 0 Å². The maximum atomic E-state index is 4.16. The van der Waals surface area contributed by atoms with Gasteiger partial charge in [0.25, 0.3) is 0 Å². The molecule has 0 saturated carbocycles. The lowest BCUT2D eigenvalue weighted by atomic mass is 10.2. The summed E-state index contributed by atoms with van der Waals surface area (Å²) in [5.41, 5.74) is 0. The quantitative estimate of drug-likeness (QED) is 0.686. The first-order valence-corrected chi connectivity index (χ1v) is 4.84. The van der Waals surface area contributed by atoms with Crippen LogP contribution in [0.1, 0.15) is 13.8 Å². The van der Waals surface area contributed by atoms with Crippen LogP contribution in [0.25, 0.3) is 0 Å². The third kappa shape index (κ3) is 4.08. The number of nitrogens with zero attached hydrogens (tertiary/aromatic N) is 3. The van der Waals surface area contributed by atoms with Gasteiger partial charge < -0.3 is 4.90 Å². The molecule has 0 radical (unpaired) electrons. The third-order valence-corrected chi connectivity index (χ3v) is 1.95. The first kappa shape index (κ1) is 10.3. The lowest BCUT2D eigenvalue weighted by Crippen LogP contribution is -2.27. The van der Waals surface area contributed by atoms with Gasteiger partial charge in [-0.2, -0.15) is 5.10 Å². The van der Waals surface area contributed by atoms with E-state index in [2.05, 4.69) is 30.9 Å². The van der Waals surface area contributed by atoms with Crippen molar-refractivity contribution in [2.45, 2.75) is 20.4 Å². The van der Waals surface area contributed by atoms with E-state index in [9.17, 15) is 0 Å². The summed E-state index contributed by atoms with van der Waals surface area (Å²) < 4.78 is 1.97. The summed E-state index contributed by atoms with van der Waals surface area (Å²) in [6, 6.07) is 1.96. The standard InChI is InChI=1S/C10H19N3/c1-10(2)9-12(3)7-8-13-6-4-5-11-13/h4-6,10H,7-9H2,1-3H3. The second kappa shape index (κ2) is 5.02. The molecule has 1 rings (SSSR count). The average Bonchev–Trinajstić information content (AvgIpc) is 2.51. The van der Waals surface area contributed by atoms with Crippen molar-refractivity contribution in [2.75, 3.05) is 20.1 Å². The van der Waals surface area contributed by atoms with Crippen LogP contribution in [0, 0.1) is 5.92 Å². The summed E-state index contributed by atoms with van der Waals surface area (Å²) >= 11 is 0. The fraction of sp³-hybridized carbons (Fsp3) is 0.700. The monoisotopic (exact) mass is 181 g/mol. The van der Waals surface area contributed by atoms with Crippen LogP contribution in [0.4, 0.5) is 0 Å². The highest BCUT2D eigenvalue weighted by Crippen LogP contribution is 1.96. The lowest BCUT2D eigenvalue weighted by Gasteiger charge is -2.18. The van der Waals surface area contributed by atoms with Crippen LogP contribution in [0.3, 0.4) is 0 Å². The Morgan fingerprint density at radius 3 is 2.77 bits per heavy atom. The molecule has 0 bridgehead atoms. The van der Waals surface area contributed by atoms with Crippen LogP contribution in [0.2, 0.25) is 0 Å². The highest BCUT2D eigenvalue weighted by molar-refractivity contribution is 4.77. The molecule has 3 heteroatoms. The molecule has 0 fully saturated rings. The van der Waals surface area contributed by atoms with Gasteiger partial charge in [0.15, 0.2) is 0 Å². The molecule has 13 heavy (non-hydrogen) atoms. The van der Waals surface area contributed by atoms with Gasteiger partial charge in [0, 0.05) is 25.5 Å². The molecule has 0 amide bonds. The van der Waals surface area contributed by atoms with Crippen LogP contribution < -0.4 is 0 Å². The largest absolute Gasteiger partial charge is 0.304 e. The highest BCUT2D eigenvalue weighted by atomic mass is 15.3. The molecule has 0 saturated heterocycles. The van der Waals surface area contributed by atoms with Gasteiger partial charge in [-0.15, -0.1) is 0 Å². The molecule has 0 aliphatic rings. The molecule has 0 spiro atoms. The molecular formula is C10H19N3. The Kier molecular flexibility index (Phi) is 3.96. The third-order valence-electron chi connectivity index (χ3n) is 1.95. The number of aromatic nitrogens is 2. The van der Waals surface area contributed by atoms with E-state index < -0.39 is 0 Å². The molecule has 3 nitrogen and oxygen atoms in total. The molecule has 1 heterocycles. The topological polar surface area (TPSA) is 21.1 Å². The molecule has 74 valence electrons. The van der Waals surface area contributed by atoms with E-state index in [-0.39, 0.29) is 0 Å². The number of likely N-dealkylation sites (N-methyl/N-ethyl adjacent to an activating group) is 1. The Balaban J connectivity index is 2.19. The molecule has 0 aromatic carbocycles. The Hall–Kier alpha value is -0.830. The second-order valence-corrected chi connectivity index (χ2v) is 3.93. The van der Waals surface area contributed by atoms with Gasteiger partial charge >= 0.3 is 0 Å². The molecule has 1 aromatic heterocycles. The fourth-order valence-electron chi connectivity index (χ4n) is 1.42. The summed E-state index contributed by atoms with van der Waals surface area (Å²) in [5, 5.41) is 4.16. The van der Waals surface area contributed by atoms with Gasteiger partial charge in [0.1, 0.15) is 0 Å². The molecule has 0 aliphatic carbocycles. The minimum atomic E-state index is 0.739. The van der Waals surface area contributed by atoms with E-state index in [1.165, 1.54) is 0 Å². The summed E-state index contributed by atoms with van der Waals surface area (Å²) in [4.78, 5) is 2.34. The van der Waals surface area contributed by atoms with Crippen LogP contribution in [0.15, 0.2) is 18.5 Å². The Bertz CT molecular complexity index is 216. The minimum absolute atomic E-state index is 0.739. The van der Waals surface area contributed by atoms with Gasteiger partial charge in [-0.3, -0.25) is 4.68 Å². The van der Waals surface area contributed by atoms with E-state index in [0.717, 1.165) is 25.6 Å². The summed E-state index contributed by atoms with van der Waals surface area (Å²) in [6.07, 6.45) is 3.83.